The molecule has 0 bridgehead atoms. The third-order valence-electron chi connectivity index (χ3n) is 5.34. The van der Waals surface area contributed by atoms with Crippen LogP contribution in [0.1, 0.15) is 66.5 Å². The van der Waals surface area contributed by atoms with Gasteiger partial charge in [-0.05, 0) is 47.1 Å². The molecule has 0 fully saturated rings. The Bertz CT molecular complexity index is 1190. The monoisotopic (exact) mass is 434 g/mol. The number of carbonyl (C=O) groups is 1. The highest BCUT2D eigenvalue weighted by atomic mass is 32.1. The summed E-state index contributed by atoms with van der Waals surface area (Å²) in [6, 6.07) is 7.88. The van der Waals surface area contributed by atoms with Crippen LogP contribution in [0.4, 0.5) is 0 Å². The first kappa shape index (κ1) is 21.5. The largest absolute Gasteiger partial charge is 0.460 e. The molecule has 1 unspecified atom stereocenters. The van der Waals surface area contributed by atoms with E-state index in [1.54, 1.807) is 11.3 Å². The van der Waals surface area contributed by atoms with E-state index < -0.39 is 11.6 Å². The molecule has 0 amide bonds. The summed E-state index contributed by atoms with van der Waals surface area (Å²) < 4.78 is 7.65. The zero-order chi connectivity index (χ0) is 22.5. The van der Waals surface area contributed by atoms with E-state index in [4.69, 9.17) is 9.73 Å². The van der Waals surface area contributed by atoms with E-state index in [1.165, 1.54) is 15.9 Å². The van der Waals surface area contributed by atoms with Crippen LogP contribution in [0.3, 0.4) is 0 Å². The summed E-state index contributed by atoms with van der Waals surface area (Å²) >= 11 is 1.71. The number of esters is 1. The molecule has 1 aliphatic rings. The number of aromatic nitrogens is 3. The molecule has 4 rings (SSSR count). The number of hydrogen-bond acceptors (Lipinski definition) is 6. The van der Waals surface area contributed by atoms with Crippen LogP contribution < -0.4 is 5.46 Å². The number of aryl methyl sites for hydroxylation is 2. The zero-order valence-electron chi connectivity index (χ0n) is 19.1. The summed E-state index contributed by atoms with van der Waals surface area (Å²) in [6.07, 6.45) is 0.109. The SMILES string of the molecule is Bc1ccc(C2=NC(CC(=O)OC(C)(C)C)c3nnc(C)n3-c3sc(C)c(C)c32)cc1. The summed E-state index contributed by atoms with van der Waals surface area (Å²) in [5.74, 6) is 1.16. The summed E-state index contributed by atoms with van der Waals surface area (Å²) in [5, 5.41) is 9.80. The molecule has 0 radical (unpaired) electrons. The van der Waals surface area contributed by atoms with Crippen molar-refractivity contribution in [2.75, 3.05) is 0 Å². The number of nitrogens with zero attached hydrogens (tertiary/aromatic N) is 4. The Kier molecular flexibility index (Phi) is 5.37. The average molecular weight is 434 g/mol. The lowest BCUT2D eigenvalue weighted by molar-refractivity contribution is -0.155. The van der Waals surface area contributed by atoms with Crippen molar-refractivity contribution in [2.24, 2.45) is 4.99 Å². The van der Waals surface area contributed by atoms with Gasteiger partial charge in [0.2, 0.25) is 0 Å². The fraction of sp³-hybridized carbons (Fsp3) is 0.391. The second-order valence-corrected chi connectivity index (χ2v) is 10.3. The van der Waals surface area contributed by atoms with E-state index in [-0.39, 0.29) is 12.4 Å². The topological polar surface area (TPSA) is 69.4 Å². The molecule has 0 spiro atoms. The molecular weight excluding hydrogens is 407 g/mol. The zero-order valence-corrected chi connectivity index (χ0v) is 19.9. The van der Waals surface area contributed by atoms with E-state index in [0.29, 0.717) is 5.82 Å². The summed E-state index contributed by atoms with van der Waals surface area (Å²) in [6.45, 7) is 11.8. The maximum absolute atomic E-state index is 12.7. The van der Waals surface area contributed by atoms with Crippen LogP contribution >= 0.6 is 11.3 Å². The standard InChI is InChI=1S/C23H27BN4O2S/c1-12-13(2)31-22-19(12)20(15-7-9-16(24)10-8-15)25-17(11-18(29)30-23(4,5)6)21-27-26-14(3)28(21)22/h7-10,17H,11,24H2,1-6H3. The Hall–Kier alpha value is -2.74. The van der Waals surface area contributed by atoms with Crippen LogP contribution in [-0.4, -0.2) is 39.9 Å². The van der Waals surface area contributed by atoms with Crippen molar-refractivity contribution in [3.8, 4) is 5.00 Å². The van der Waals surface area contributed by atoms with Crippen LogP contribution in [0.5, 0.6) is 0 Å². The second-order valence-electron chi connectivity index (χ2n) is 9.05. The fourth-order valence-corrected chi connectivity index (χ4v) is 4.99. The third kappa shape index (κ3) is 4.09. The van der Waals surface area contributed by atoms with Crippen LogP contribution in [0, 0.1) is 20.8 Å². The maximum Gasteiger partial charge on any atom is 0.308 e. The van der Waals surface area contributed by atoms with Crippen molar-refractivity contribution < 1.29 is 9.53 Å². The normalized spacial score (nSPS) is 15.7. The number of aliphatic imine (C=N–C) groups is 1. The summed E-state index contributed by atoms with van der Waals surface area (Å²) in [5.41, 5.74) is 4.82. The molecule has 1 aromatic carbocycles. The van der Waals surface area contributed by atoms with E-state index >= 15 is 0 Å². The molecule has 1 aliphatic heterocycles. The number of carbonyl (C=O) groups excluding carboxylic acids is 1. The molecule has 3 aromatic rings. The van der Waals surface area contributed by atoms with Gasteiger partial charge < -0.3 is 4.74 Å². The van der Waals surface area contributed by atoms with Crippen LogP contribution in [0.25, 0.3) is 5.00 Å². The van der Waals surface area contributed by atoms with Crippen LogP contribution in [0.2, 0.25) is 0 Å². The lowest BCUT2D eigenvalue weighted by Crippen LogP contribution is -2.25. The third-order valence-corrected chi connectivity index (χ3v) is 6.54. The lowest BCUT2D eigenvalue weighted by atomic mass is 9.92. The fourth-order valence-electron chi connectivity index (χ4n) is 3.78. The van der Waals surface area contributed by atoms with E-state index in [0.717, 1.165) is 27.7 Å². The van der Waals surface area contributed by atoms with Gasteiger partial charge in [-0.15, -0.1) is 21.5 Å². The van der Waals surface area contributed by atoms with Crippen molar-refractivity contribution in [1.29, 1.82) is 0 Å². The minimum atomic E-state index is -0.554. The first-order valence-electron chi connectivity index (χ1n) is 10.4. The van der Waals surface area contributed by atoms with Gasteiger partial charge in [-0.25, -0.2) is 0 Å². The van der Waals surface area contributed by atoms with Gasteiger partial charge in [0.1, 0.15) is 30.3 Å². The number of ether oxygens (including phenoxy) is 1. The Morgan fingerprint density at radius 2 is 1.84 bits per heavy atom. The molecule has 1 atom stereocenters. The van der Waals surface area contributed by atoms with E-state index in [2.05, 4.69) is 60.7 Å². The molecule has 0 N–H and O–H groups in total. The van der Waals surface area contributed by atoms with Gasteiger partial charge in [-0.1, -0.05) is 29.7 Å². The molecule has 3 heterocycles. The number of rotatable bonds is 3. The van der Waals surface area contributed by atoms with Gasteiger partial charge in [-0.3, -0.25) is 14.4 Å². The molecule has 6 nitrogen and oxygen atoms in total. The molecular formula is C23H27BN4O2S. The highest BCUT2D eigenvalue weighted by molar-refractivity contribution is 7.15. The Labute approximate surface area is 187 Å². The number of benzene rings is 1. The van der Waals surface area contributed by atoms with E-state index in [9.17, 15) is 4.79 Å². The molecule has 31 heavy (non-hydrogen) atoms. The molecule has 160 valence electrons. The summed E-state index contributed by atoms with van der Waals surface area (Å²) in [7, 11) is 2.07. The number of thiophene rings is 1. The van der Waals surface area contributed by atoms with Gasteiger partial charge in [0.25, 0.3) is 0 Å². The quantitative estimate of drug-likeness (QED) is 0.469. The number of fused-ring (bicyclic) bond motifs is 3. The first-order chi connectivity index (χ1) is 14.5. The number of hydrogen-bond donors (Lipinski definition) is 0. The van der Waals surface area contributed by atoms with Crippen molar-refractivity contribution >= 4 is 36.3 Å². The summed E-state index contributed by atoms with van der Waals surface area (Å²) in [4.78, 5) is 19.1. The minimum absolute atomic E-state index is 0.109. The predicted octanol–water partition coefficient (Wildman–Crippen LogP) is 3.14. The average Bonchev–Trinajstić information content (AvgIpc) is 3.14. The molecule has 2 aromatic heterocycles. The first-order valence-corrected chi connectivity index (χ1v) is 11.3. The van der Waals surface area contributed by atoms with Crippen LogP contribution in [-0.2, 0) is 9.53 Å². The molecule has 0 saturated heterocycles. The Morgan fingerprint density at radius 1 is 1.16 bits per heavy atom. The highest BCUT2D eigenvalue weighted by Crippen LogP contribution is 2.39. The highest BCUT2D eigenvalue weighted by Gasteiger charge is 2.33. The van der Waals surface area contributed by atoms with Gasteiger partial charge in [0.15, 0.2) is 5.82 Å². The van der Waals surface area contributed by atoms with Gasteiger partial charge in [0, 0.05) is 16.0 Å². The van der Waals surface area contributed by atoms with Gasteiger partial charge >= 0.3 is 5.97 Å². The second kappa shape index (κ2) is 7.75. The predicted molar refractivity (Wildman–Crippen MR) is 127 cm³/mol. The van der Waals surface area contributed by atoms with Gasteiger partial charge in [-0.2, -0.15) is 0 Å². The maximum atomic E-state index is 12.7. The Morgan fingerprint density at radius 3 is 2.48 bits per heavy atom. The Balaban J connectivity index is 1.91. The lowest BCUT2D eigenvalue weighted by Gasteiger charge is -2.21. The van der Waals surface area contributed by atoms with Crippen molar-refractivity contribution in [3.63, 3.8) is 0 Å². The minimum Gasteiger partial charge on any atom is -0.460 e. The molecule has 0 saturated carbocycles. The van der Waals surface area contributed by atoms with Crippen LogP contribution in [0.15, 0.2) is 29.3 Å². The van der Waals surface area contributed by atoms with Gasteiger partial charge in [0.05, 0.1) is 12.1 Å². The van der Waals surface area contributed by atoms with Crippen molar-refractivity contribution in [2.45, 2.75) is 59.6 Å². The van der Waals surface area contributed by atoms with Crippen molar-refractivity contribution in [3.05, 3.63) is 57.5 Å². The smallest absolute Gasteiger partial charge is 0.308 e. The molecule has 0 aliphatic carbocycles. The molecule has 8 heteroatoms. The van der Waals surface area contributed by atoms with Crippen molar-refractivity contribution in [1.82, 2.24) is 14.8 Å². The van der Waals surface area contributed by atoms with E-state index in [1.807, 2.05) is 27.7 Å².